The second kappa shape index (κ2) is 6.89. The van der Waals surface area contributed by atoms with Crippen LogP contribution in [0.25, 0.3) is 0 Å². The maximum Gasteiger partial charge on any atom is 0.260 e. The fourth-order valence-electron chi connectivity index (χ4n) is 2.75. The molecule has 7 heteroatoms. The first-order valence-corrected chi connectivity index (χ1v) is 9.15. The number of aromatic nitrogens is 2. The van der Waals surface area contributed by atoms with Crippen LogP contribution in [0.1, 0.15) is 45.6 Å². The van der Waals surface area contributed by atoms with Crippen molar-refractivity contribution in [3.05, 3.63) is 11.8 Å². The number of hydrogen-bond donors (Lipinski definition) is 2. The van der Waals surface area contributed by atoms with Crippen molar-refractivity contribution in [3.8, 4) is 0 Å². The van der Waals surface area contributed by atoms with Gasteiger partial charge in [0, 0.05) is 24.7 Å². The summed E-state index contributed by atoms with van der Waals surface area (Å²) >= 11 is 0. The Hall–Kier alpha value is -0.920. The molecule has 0 aromatic carbocycles. The normalized spacial score (nSPS) is 24.3. The molecule has 21 heavy (non-hydrogen) atoms. The maximum atomic E-state index is 12.9. The molecule has 1 fully saturated rings. The zero-order valence-corrected chi connectivity index (χ0v) is 13.9. The molecule has 1 aliphatic heterocycles. The summed E-state index contributed by atoms with van der Waals surface area (Å²) in [6.45, 7) is 8.14. The molecule has 0 bridgehead atoms. The fourth-order valence-corrected chi connectivity index (χ4v) is 4.64. The lowest BCUT2D eigenvalue weighted by atomic mass is 9.97. The molecule has 2 unspecified atom stereocenters. The zero-order chi connectivity index (χ0) is 15.5. The van der Waals surface area contributed by atoms with E-state index in [1.807, 2.05) is 6.92 Å². The van der Waals surface area contributed by atoms with E-state index in [0.29, 0.717) is 24.6 Å². The largest absolute Gasteiger partial charge is 0.313 e. The molecule has 0 aliphatic carbocycles. The van der Waals surface area contributed by atoms with Gasteiger partial charge in [0.25, 0.3) is 10.0 Å². The summed E-state index contributed by atoms with van der Waals surface area (Å²) in [6.07, 6.45) is 4.62. The van der Waals surface area contributed by atoms with E-state index in [0.717, 1.165) is 25.8 Å². The molecule has 2 atom stereocenters. The van der Waals surface area contributed by atoms with Crippen molar-refractivity contribution in [2.45, 2.75) is 57.6 Å². The van der Waals surface area contributed by atoms with Crippen LogP contribution in [-0.2, 0) is 16.6 Å². The van der Waals surface area contributed by atoms with Crippen LogP contribution in [0, 0.1) is 5.92 Å². The number of sulfonamides is 1. The van der Waals surface area contributed by atoms with Crippen molar-refractivity contribution < 1.29 is 8.42 Å². The SMILES string of the molecule is CCCNCc1cn[nH]c1S(=O)(=O)N1CC(C)CCC1C. The van der Waals surface area contributed by atoms with E-state index in [-0.39, 0.29) is 11.1 Å². The van der Waals surface area contributed by atoms with Gasteiger partial charge in [-0.2, -0.15) is 9.40 Å². The molecule has 1 aromatic rings. The van der Waals surface area contributed by atoms with E-state index in [2.05, 4.69) is 29.4 Å². The van der Waals surface area contributed by atoms with Crippen molar-refractivity contribution in [1.29, 1.82) is 0 Å². The van der Waals surface area contributed by atoms with Crippen molar-refractivity contribution in [3.63, 3.8) is 0 Å². The number of H-pyrrole nitrogens is 1. The second-order valence-electron chi connectivity index (χ2n) is 6.01. The third-order valence-corrected chi connectivity index (χ3v) is 6.04. The van der Waals surface area contributed by atoms with Gasteiger partial charge in [-0.25, -0.2) is 8.42 Å². The van der Waals surface area contributed by atoms with Gasteiger partial charge in [-0.15, -0.1) is 0 Å². The highest BCUT2D eigenvalue weighted by Crippen LogP contribution is 2.28. The lowest BCUT2D eigenvalue weighted by Gasteiger charge is -2.35. The number of piperidine rings is 1. The molecule has 0 radical (unpaired) electrons. The molecular weight excluding hydrogens is 288 g/mol. The standard InChI is InChI=1S/C14H26N4O2S/c1-4-7-15-8-13-9-16-17-14(13)21(19,20)18-10-11(2)5-6-12(18)3/h9,11-12,15H,4-8,10H2,1-3H3,(H,16,17). The van der Waals surface area contributed by atoms with E-state index in [1.54, 1.807) is 10.5 Å². The van der Waals surface area contributed by atoms with Gasteiger partial charge in [-0.1, -0.05) is 13.8 Å². The molecule has 2 rings (SSSR count). The molecule has 0 amide bonds. The van der Waals surface area contributed by atoms with Gasteiger partial charge >= 0.3 is 0 Å². The highest BCUT2D eigenvalue weighted by Gasteiger charge is 2.35. The van der Waals surface area contributed by atoms with Crippen LogP contribution in [0.4, 0.5) is 0 Å². The first kappa shape index (κ1) is 16.5. The smallest absolute Gasteiger partial charge is 0.260 e. The summed E-state index contributed by atoms with van der Waals surface area (Å²) in [5.74, 6) is 0.403. The number of hydrogen-bond acceptors (Lipinski definition) is 4. The highest BCUT2D eigenvalue weighted by atomic mass is 32.2. The van der Waals surface area contributed by atoms with E-state index in [1.165, 1.54) is 0 Å². The lowest BCUT2D eigenvalue weighted by molar-refractivity contribution is 0.217. The highest BCUT2D eigenvalue weighted by molar-refractivity contribution is 7.89. The van der Waals surface area contributed by atoms with Gasteiger partial charge in [-0.3, -0.25) is 5.10 Å². The van der Waals surface area contributed by atoms with E-state index in [9.17, 15) is 8.42 Å². The van der Waals surface area contributed by atoms with E-state index < -0.39 is 10.0 Å². The van der Waals surface area contributed by atoms with Crippen molar-refractivity contribution in [2.75, 3.05) is 13.1 Å². The van der Waals surface area contributed by atoms with Crippen molar-refractivity contribution in [1.82, 2.24) is 19.8 Å². The summed E-state index contributed by atoms with van der Waals surface area (Å²) < 4.78 is 27.4. The van der Waals surface area contributed by atoms with Gasteiger partial charge in [-0.05, 0) is 38.6 Å². The number of rotatable bonds is 6. The zero-order valence-electron chi connectivity index (χ0n) is 13.1. The summed E-state index contributed by atoms with van der Waals surface area (Å²) in [5, 5.41) is 10.1. The summed E-state index contributed by atoms with van der Waals surface area (Å²) in [6, 6.07) is 0.0472. The first-order valence-electron chi connectivity index (χ1n) is 7.71. The Kier molecular flexibility index (Phi) is 5.40. The van der Waals surface area contributed by atoms with Crippen molar-refractivity contribution in [2.24, 2.45) is 5.92 Å². The van der Waals surface area contributed by atoms with Crippen LogP contribution in [0.15, 0.2) is 11.2 Å². The summed E-state index contributed by atoms with van der Waals surface area (Å²) in [4.78, 5) is 0. The summed E-state index contributed by atoms with van der Waals surface area (Å²) in [5.41, 5.74) is 0.717. The Morgan fingerprint density at radius 2 is 2.19 bits per heavy atom. The quantitative estimate of drug-likeness (QED) is 0.784. The first-order chi connectivity index (χ1) is 9.96. The van der Waals surface area contributed by atoms with E-state index >= 15 is 0 Å². The van der Waals surface area contributed by atoms with Crippen LogP contribution >= 0.6 is 0 Å². The Balaban J connectivity index is 2.21. The monoisotopic (exact) mass is 314 g/mol. The molecule has 1 aliphatic rings. The Bertz CT molecular complexity index is 555. The molecule has 1 saturated heterocycles. The predicted molar refractivity (Wildman–Crippen MR) is 82.3 cm³/mol. The van der Waals surface area contributed by atoms with Crippen LogP contribution < -0.4 is 5.32 Å². The predicted octanol–water partition coefficient (Wildman–Crippen LogP) is 1.72. The Labute approximate surface area is 127 Å². The topological polar surface area (TPSA) is 78.1 Å². The molecule has 2 heterocycles. The van der Waals surface area contributed by atoms with Gasteiger partial charge in [0.15, 0.2) is 5.03 Å². The maximum absolute atomic E-state index is 12.9. The third-order valence-electron chi connectivity index (χ3n) is 4.05. The molecule has 120 valence electrons. The van der Waals surface area contributed by atoms with Crippen LogP contribution in [0.2, 0.25) is 0 Å². The molecule has 6 nitrogen and oxygen atoms in total. The van der Waals surface area contributed by atoms with Gasteiger partial charge in [0.1, 0.15) is 0 Å². The molecule has 1 aromatic heterocycles. The van der Waals surface area contributed by atoms with Gasteiger partial charge in [0.2, 0.25) is 0 Å². The average Bonchev–Trinajstić information content (AvgIpc) is 2.91. The molecule has 2 N–H and O–H groups in total. The Morgan fingerprint density at radius 3 is 2.90 bits per heavy atom. The Morgan fingerprint density at radius 1 is 1.43 bits per heavy atom. The van der Waals surface area contributed by atoms with Gasteiger partial charge < -0.3 is 5.32 Å². The van der Waals surface area contributed by atoms with Crippen LogP contribution in [0.3, 0.4) is 0 Å². The minimum atomic E-state index is -3.49. The third kappa shape index (κ3) is 3.64. The molecule has 0 spiro atoms. The van der Waals surface area contributed by atoms with E-state index in [4.69, 9.17) is 0 Å². The molecular formula is C14H26N4O2S. The summed E-state index contributed by atoms with van der Waals surface area (Å²) in [7, 11) is -3.49. The minimum Gasteiger partial charge on any atom is -0.313 e. The number of nitrogens with zero attached hydrogens (tertiary/aromatic N) is 2. The van der Waals surface area contributed by atoms with Crippen LogP contribution in [-0.4, -0.2) is 42.1 Å². The van der Waals surface area contributed by atoms with Gasteiger partial charge in [0.05, 0.1) is 6.20 Å². The number of aromatic amines is 1. The average molecular weight is 314 g/mol. The minimum absolute atomic E-state index is 0.0472. The molecule has 0 saturated carbocycles. The van der Waals surface area contributed by atoms with Crippen LogP contribution in [0.5, 0.6) is 0 Å². The fraction of sp³-hybridized carbons (Fsp3) is 0.786. The lowest BCUT2D eigenvalue weighted by Crippen LogP contribution is -2.45. The number of nitrogens with one attached hydrogen (secondary N) is 2. The van der Waals surface area contributed by atoms with Crippen molar-refractivity contribution >= 4 is 10.0 Å². The second-order valence-corrected chi connectivity index (χ2v) is 7.83.